The van der Waals surface area contributed by atoms with E-state index in [0.717, 1.165) is 31.6 Å². The van der Waals surface area contributed by atoms with Gasteiger partial charge in [-0.3, -0.25) is 4.79 Å². The highest BCUT2D eigenvalue weighted by Crippen LogP contribution is 2.42. The van der Waals surface area contributed by atoms with Gasteiger partial charge in [-0.15, -0.1) is 0 Å². The predicted molar refractivity (Wildman–Crippen MR) is 67.3 cm³/mol. The Kier molecular flexibility index (Phi) is 3.71. The third kappa shape index (κ3) is 2.49. The molecule has 1 heteroatoms. The summed E-state index contributed by atoms with van der Waals surface area (Å²) in [4.78, 5) is 12.6. The Balaban J connectivity index is 1.95. The third-order valence-electron chi connectivity index (χ3n) is 4.94. The largest absolute Gasteiger partial charge is 0.299 e. The van der Waals surface area contributed by atoms with E-state index in [2.05, 4.69) is 13.8 Å². The van der Waals surface area contributed by atoms with Crippen molar-refractivity contribution >= 4 is 5.78 Å². The van der Waals surface area contributed by atoms with Gasteiger partial charge in [0.1, 0.15) is 5.78 Å². The van der Waals surface area contributed by atoms with E-state index >= 15 is 0 Å². The van der Waals surface area contributed by atoms with E-state index in [0.29, 0.717) is 11.7 Å². The number of carbonyl (C=O) groups excluding carboxylic acids is 1. The van der Waals surface area contributed by atoms with Crippen molar-refractivity contribution in [1.29, 1.82) is 0 Å². The number of ketones is 1. The fraction of sp³-hybridized carbons (Fsp3) is 0.933. The van der Waals surface area contributed by atoms with E-state index in [1.54, 1.807) is 0 Å². The zero-order valence-electron chi connectivity index (χ0n) is 10.9. The van der Waals surface area contributed by atoms with Crippen LogP contribution in [0.2, 0.25) is 0 Å². The smallest absolute Gasteiger partial charge is 0.141 e. The van der Waals surface area contributed by atoms with Crippen LogP contribution in [0.15, 0.2) is 0 Å². The minimum Gasteiger partial charge on any atom is -0.299 e. The molecule has 0 aliphatic heterocycles. The van der Waals surface area contributed by atoms with Crippen LogP contribution in [0.25, 0.3) is 0 Å². The van der Waals surface area contributed by atoms with Gasteiger partial charge in [-0.2, -0.15) is 0 Å². The van der Waals surface area contributed by atoms with Crippen LogP contribution in [-0.4, -0.2) is 5.78 Å². The molecule has 92 valence electrons. The second-order valence-electron chi connectivity index (χ2n) is 6.44. The molecule has 0 aromatic rings. The van der Waals surface area contributed by atoms with Gasteiger partial charge in [-0.05, 0) is 31.6 Å². The molecule has 0 amide bonds. The first-order valence-corrected chi connectivity index (χ1v) is 7.16. The molecule has 0 N–H and O–H groups in total. The lowest BCUT2D eigenvalue weighted by atomic mass is 9.66. The predicted octanol–water partition coefficient (Wildman–Crippen LogP) is 4.35. The molecule has 0 spiro atoms. The van der Waals surface area contributed by atoms with Crippen molar-refractivity contribution in [2.75, 3.05) is 0 Å². The third-order valence-corrected chi connectivity index (χ3v) is 4.94. The van der Waals surface area contributed by atoms with E-state index < -0.39 is 0 Å². The Labute approximate surface area is 100.0 Å². The first-order chi connectivity index (χ1) is 7.62. The van der Waals surface area contributed by atoms with Crippen LogP contribution in [0.4, 0.5) is 0 Å². The molecule has 1 nitrogen and oxygen atoms in total. The van der Waals surface area contributed by atoms with Gasteiger partial charge in [0.15, 0.2) is 0 Å². The molecule has 0 bridgehead atoms. The molecule has 0 unspecified atom stereocenters. The average Bonchev–Trinajstić information content (AvgIpc) is 2.30. The number of rotatable bonds is 2. The Bertz CT molecular complexity index is 242. The maximum atomic E-state index is 12.6. The molecule has 0 heterocycles. The molecule has 0 atom stereocenters. The van der Waals surface area contributed by atoms with Gasteiger partial charge < -0.3 is 0 Å². The van der Waals surface area contributed by atoms with Crippen molar-refractivity contribution in [1.82, 2.24) is 0 Å². The van der Waals surface area contributed by atoms with E-state index in [-0.39, 0.29) is 5.41 Å². The lowest BCUT2D eigenvalue weighted by molar-refractivity contribution is -0.135. The van der Waals surface area contributed by atoms with Crippen molar-refractivity contribution in [3.8, 4) is 0 Å². The lowest BCUT2D eigenvalue weighted by Crippen LogP contribution is -2.36. The minimum absolute atomic E-state index is 0.0451. The highest BCUT2D eigenvalue weighted by atomic mass is 16.1. The summed E-state index contributed by atoms with van der Waals surface area (Å²) in [5, 5.41) is 0. The molecule has 2 saturated carbocycles. The van der Waals surface area contributed by atoms with Crippen LogP contribution in [-0.2, 0) is 4.79 Å². The summed E-state index contributed by atoms with van der Waals surface area (Å²) in [6, 6.07) is 0. The SMILES string of the molecule is CC1CCC(C(=O)C2(C)CCCCC2)CC1. The van der Waals surface area contributed by atoms with Gasteiger partial charge in [0.05, 0.1) is 0 Å². The standard InChI is InChI=1S/C15H26O/c1-12-6-8-13(9-7-12)14(16)15(2)10-4-3-5-11-15/h12-13H,3-11H2,1-2H3. The molecular formula is C15H26O. The molecule has 0 aromatic carbocycles. The molecule has 0 radical (unpaired) electrons. The molecule has 2 rings (SSSR count). The maximum Gasteiger partial charge on any atom is 0.141 e. The molecule has 0 saturated heterocycles. The summed E-state index contributed by atoms with van der Waals surface area (Å²) >= 11 is 0. The Hall–Kier alpha value is -0.330. The number of hydrogen-bond donors (Lipinski definition) is 0. The Morgan fingerprint density at radius 1 is 1.00 bits per heavy atom. The molecular weight excluding hydrogens is 196 g/mol. The van der Waals surface area contributed by atoms with Gasteiger partial charge in [-0.25, -0.2) is 0 Å². The summed E-state index contributed by atoms with van der Waals surface area (Å²) in [5.41, 5.74) is 0.0451. The minimum atomic E-state index is 0.0451. The molecule has 0 aromatic heterocycles. The summed E-state index contributed by atoms with van der Waals surface area (Å²) < 4.78 is 0. The number of hydrogen-bond acceptors (Lipinski definition) is 1. The summed E-state index contributed by atoms with van der Waals surface area (Å²) in [6.07, 6.45) is 11.0. The summed E-state index contributed by atoms with van der Waals surface area (Å²) in [5.74, 6) is 1.86. The van der Waals surface area contributed by atoms with E-state index in [1.165, 1.54) is 32.1 Å². The van der Waals surface area contributed by atoms with E-state index in [4.69, 9.17) is 0 Å². The highest BCUT2D eigenvalue weighted by Gasteiger charge is 2.39. The van der Waals surface area contributed by atoms with Crippen LogP contribution in [0.1, 0.15) is 71.6 Å². The van der Waals surface area contributed by atoms with E-state index in [9.17, 15) is 4.79 Å². The highest BCUT2D eigenvalue weighted by molar-refractivity contribution is 5.86. The molecule has 2 fully saturated rings. The average molecular weight is 222 g/mol. The van der Waals surface area contributed by atoms with Crippen molar-refractivity contribution < 1.29 is 4.79 Å². The van der Waals surface area contributed by atoms with Crippen LogP contribution < -0.4 is 0 Å². The quantitative estimate of drug-likeness (QED) is 0.678. The maximum absolute atomic E-state index is 12.6. The number of Topliss-reactive ketones (excluding diaryl/α,β-unsaturated/α-hetero) is 1. The summed E-state index contributed by atoms with van der Waals surface area (Å²) in [7, 11) is 0. The molecule has 2 aliphatic rings. The monoisotopic (exact) mass is 222 g/mol. The normalized spacial score (nSPS) is 34.6. The summed E-state index contributed by atoms with van der Waals surface area (Å²) in [6.45, 7) is 4.55. The number of carbonyl (C=O) groups is 1. The topological polar surface area (TPSA) is 17.1 Å². The Morgan fingerprint density at radius 2 is 1.56 bits per heavy atom. The fourth-order valence-electron chi connectivity index (χ4n) is 3.59. The van der Waals surface area contributed by atoms with Crippen molar-refractivity contribution in [3.63, 3.8) is 0 Å². The van der Waals surface area contributed by atoms with Crippen LogP contribution in [0.5, 0.6) is 0 Å². The second-order valence-corrected chi connectivity index (χ2v) is 6.44. The fourth-order valence-corrected chi connectivity index (χ4v) is 3.59. The van der Waals surface area contributed by atoms with Gasteiger partial charge in [0.2, 0.25) is 0 Å². The van der Waals surface area contributed by atoms with Crippen molar-refractivity contribution in [2.45, 2.75) is 71.6 Å². The van der Waals surface area contributed by atoms with Gasteiger partial charge in [-0.1, -0.05) is 46.0 Å². The first kappa shape index (κ1) is 12.1. The zero-order chi connectivity index (χ0) is 11.6. The lowest BCUT2D eigenvalue weighted by Gasteiger charge is -2.37. The van der Waals surface area contributed by atoms with Gasteiger partial charge in [0, 0.05) is 11.3 Å². The van der Waals surface area contributed by atoms with Crippen LogP contribution in [0, 0.1) is 17.3 Å². The zero-order valence-corrected chi connectivity index (χ0v) is 10.9. The van der Waals surface area contributed by atoms with Crippen LogP contribution in [0.3, 0.4) is 0 Å². The van der Waals surface area contributed by atoms with E-state index in [1.807, 2.05) is 0 Å². The van der Waals surface area contributed by atoms with Gasteiger partial charge in [0.25, 0.3) is 0 Å². The van der Waals surface area contributed by atoms with Gasteiger partial charge >= 0.3 is 0 Å². The van der Waals surface area contributed by atoms with Crippen molar-refractivity contribution in [2.24, 2.45) is 17.3 Å². The molecule has 16 heavy (non-hydrogen) atoms. The Morgan fingerprint density at radius 3 is 2.12 bits per heavy atom. The van der Waals surface area contributed by atoms with Crippen LogP contribution >= 0.6 is 0 Å². The first-order valence-electron chi connectivity index (χ1n) is 7.16. The second kappa shape index (κ2) is 4.89. The molecule has 2 aliphatic carbocycles. The van der Waals surface area contributed by atoms with Crippen molar-refractivity contribution in [3.05, 3.63) is 0 Å².